The molecule has 0 heterocycles. The van der Waals surface area contributed by atoms with E-state index in [1.165, 1.54) is 16.7 Å². The van der Waals surface area contributed by atoms with E-state index in [0.29, 0.717) is 0 Å². The highest BCUT2D eigenvalue weighted by atomic mass is 14.9. The van der Waals surface area contributed by atoms with Gasteiger partial charge in [-0.05, 0) is 23.6 Å². The number of hydrogen-bond acceptors (Lipinski definition) is 2. The normalized spacial score (nSPS) is 18.5. The summed E-state index contributed by atoms with van der Waals surface area (Å²) < 4.78 is 0. The fourth-order valence-electron chi connectivity index (χ4n) is 2.32. The van der Waals surface area contributed by atoms with Gasteiger partial charge in [0.15, 0.2) is 0 Å². The molecule has 1 aromatic carbocycles. The van der Waals surface area contributed by atoms with Gasteiger partial charge in [0.25, 0.3) is 0 Å². The molecule has 0 amide bonds. The minimum atomic E-state index is -0.678. The average Bonchev–Trinajstić information content (AvgIpc) is 2.30. The van der Waals surface area contributed by atoms with E-state index < -0.39 is 5.66 Å². The second-order valence-electron chi connectivity index (χ2n) is 4.76. The summed E-state index contributed by atoms with van der Waals surface area (Å²) in [5, 5.41) is 0. The highest BCUT2D eigenvalue weighted by Gasteiger charge is 2.23. The van der Waals surface area contributed by atoms with Crippen LogP contribution in [0.2, 0.25) is 0 Å². The molecule has 0 aromatic heterocycles. The Morgan fingerprint density at radius 2 is 1.88 bits per heavy atom. The lowest BCUT2D eigenvalue weighted by atomic mass is 9.85. The van der Waals surface area contributed by atoms with Crippen LogP contribution in [0.5, 0.6) is 0 Å². The molecule has 4 N–H and O–H groups in total. The molecule has 2 heteroatoms. The first-order chi connectivity index (χ1) is 8.12. The maximum absolute atomic E-state index is 6.00. The molecule has 2 nitrogen and oxygen atoms in total. The smallest absolute Gasteiger partial charge is 0.0869 e. The molecule has 90 valence electrons. The zero-order valence-corrected chi connectivity index (χ0v) is 10.3. The van der Waals surface area contributed by atoms with Crippen molar-refractivity contribution in [2.45, 2.75) is 31.8 Å². The summed E-state index contributed by atoms with van der Waals surface area (Å²) in [6, 6.07) is 10.4. The Bertz CT molecular complexity index is 441. The van der Waals surface area contributed by atoms with E-state index in [-0.39, 0.29) is 0 Å². The average molecular weight is 228 g/mol. The van der Waals surface area contributed by atoms with Gasteiger partial charge >= 0.3 is 0 Å². The van der Waals surface area contributed by atoms with Crippen LogP contribution in [0.3, 0.4) is 0 Å². The summed E-state index contributed by atoms with van der Waals surface area (Å²) >= 11 is 0. The molecule has 1 aliphatic rings. The van der Waals surface area contributed by atoms with Crippen molar-refractivity contribution in [1.82, 2.24) is 0 Å². The molecule has 0 fully saturated rings. The zero-order chi connectivity index (χ0) is 12.3. The van der Waals surface area contributed by atoms with Crippen molar-refractivity contribution in [3.63, 3.8) is 0 Å². The molecular formula is C15H20N2. The molecule has 2 rings (SSSR count). The lowest BCUT2D eigenvalue weighted by Gasteiger charge is -2.28. The monoisotopic (exact) mass is 228 g/mol. The van der Waals surface area contributed by atoms with Gasteiger partial charge in [-0.25, -0.2) is 0 Å². The van der Waals surface area contributed by atoms with Crippen molar-refractivity contribution in [1.29, 1.82) is 0 Å². The second kappa shape index (κ2) is 4.86. The highest BCUT2D eigenvalue weighted by molar-refractivity contribution is 5.78. The number of nitrogens with two attached hydrogens (primary N) is 2. The summed E-state index contributed by atoms with van der Waals surface area (Å²) in [5.41, 5.74) is 15.2. The Morgan fingerprint density at radius 1 is 1.18 bits per heavy atom. The molecule has 0 spiro atoms. The molecule has 0 saturated heterocycles. The third-order valence-electron chi connectivity index (χ3n) is 3.10. The van der Waals surface area contributed by atoms with Crippen molar-refractivity contribution in [2.75, 3.05) is 0 Å². The Labute approximate surface area is 103 Å². The predicted molar refractivity (Wildman–Crippen MR) is 73.1 cm³/mol. The summed E-state index contributed by atoms with van der Waals surface area (Å²) in [6.07, 6.45) is 6.92. The largest absolute Gasteiger partial charge is 0.310 e. The van der Waals surface area contributed by atoms with Crippen molar-refractivity contribution < 1.29 is 0 Å². The van der Waals surface area contributed by atoms with E-state index in [2.05, 4.69) is 37.3 Å². The van der Waals surface area contributed by atoms with Gasteiger partial charge in [-0.1, -0.05) is 55.3 Å². The quantitative estimate of drug-likeness (QED) is 0.782. The molecule has 0 unspecified atom stereocenters. The Morgan fingerprint density at radius 3 is 2.53 bits per heavy atom. The van der Waals surface area contributed by atoms with Crippen LogP contribution in [0.25, 0.3) is 5.57 Å². The van der Waals surface area contributed by atoms with Crippen LogP contribution in [0, 0.1) is 0 Å². The van der Waals surface area contributed by atoms with Crippen LogP contribution in [-0.2, 0) is 0 Å². The van der Waals surface area contributed by atoms with Gasteiger partial charge in [0.1, 0.15) is 0 Å². The Balaban J connectivity index is 2.39. The summed E-state index contributed by atoms with van der Waals surface area (Å²) in [6.45, 7) is 2.18. The molecule has 17 heavy (non-hydrogen) atoms. The van der Waals surface area contributed by atoms with Gasteiger partial charge in [0.2, 0.25) is 0 Å². The van der Waals surface area contributed by atoms with Gasteiger partial charge in [0.05, 0.1) is 5.66 Å². The minimum absolute atomic E-state index is 0.678. The fourth-order valence-corrected chi connectivity index (χ4v) is 2.32. The highest BCUT2D eigenvalue weighted by Crippen LogP contribution is 2.31. The van der Waals surface area contributed by atoms with Crippen molar-refractivity contribution >= 4 is 5.57 Å². The predicted octanol–water partition coefficient (Wildman–Crippen LogP) is 2.81. The van der Waals surface area contributed by atoms with E-state index in [4.69, 9.17) is 11.5 Å². The standard InChI is InChI=1S/C15H20N2/c1-2-6-13-11-15(16,17)10-9-14(13)12-7-4-3-5-8-12/h3-5,7-10H,2,6,11,16-17H2,1H3. The van der Waals surface area contributed by atoms with E-state index in [0.717, 1.165) is 19.3 Å². The molecule has 0 atom stereocenters. The van der Waals surface area contributed by atoms with Crippen LogP contribution in [0.4, 0.5) is 0 Å². The van der Waals surface area contributed by atoms with E-state index in [1.54, 1.807) is 0 Å². The second-order valence-corrected chi connectivity index (χ2v) is 4.76. The van der Waals surface area contributed by atoms with Gasteiger partial charge in [-0.3, -0.25) is 0 Å². The Kier molecular flexibility index (Phi) is 3.46. The van der Waals surface area contributed by atoms with E-state index in [9.17, 15) is 0 Å². The molecular weight excluding hydrogens is 208 g/mol. The maximum Gasteiger partial charge on any atom is 0.0869 e. The fraction of sp³-hybridized carbons (Fsp3) is 0.333. The molecule has 0 radical (unpaired) electrons. The van der Waals surface area contributed by atoms with Crippen LogP contribution in [0.1, 0.15) is 31.7 Å². The van der Waals surface area contributed by atoms with Crippen LogP contribution in [-0.4, -0.2) is 5.66 Å². The Hall–Kier alpha value is -1.38. The van der Waals surface area contributed by atoms with E-state index >= 15 is 0 Å². The summed E-state index contributed by atoms with van der Waals surface area (Å²) in [5.74, 6) is 0. The SMILES string of the molecule is CCCC1=C(c2ccccc2)C=CC(N)(N)C1. The van der Waals surface area contributed by atoms with Gasteiger partial charge in [-0.2, -0.15) is 0 Å². The molecule has 0 bridgehead atoms. The van der Waals surface area contributed by atoms with Gasteiger partial charge < -0.3 is 11.5 Å². The minimum Gasteiger partial charge on any atom is -0.310 e. The topological polar surface area (TPSA) is 52.0 Å². The van der Waals surface area contributed by atoms with Gasteiger partial charge in [0, 0.05) is 6.42 Å². The first-order valence-corrected chi connectivity index (χ1v) is 6.17. The molecule has 0 aliphatic heterocycles. The number of benzene rings is 1. The summed E-state index contributed by atoms with van der Waals surface area (Å²) in [4.78, 5) is 0. The van der Waals surface area contributed by atoms with Gasteiger partial charge in [-0.15, -0.1) is 0 Å². The molecule has 0 saturated carbocycles. The first-order valence-electron chi connectivity index (χ1n) is 6.17. The molecule has 1 aliphatic carbocycles. The van der Waals surface area contributed by atoms with Crippen molar-refractivity contribution in [2.24, 2.45) is 11.5 Å². The summed E-state index contributed by atoms with van der Waals surface area (Å²) in [7, 11) is 0. The van der Waals surface area contributed by atoms with Crippen molar-refractivity contribution in [3.05, 3.63) is 53.6 Å². The first kappa shape index (κ1) is 12.1. The lowest BCUT2D eigenvalue weighted by Crippen LogP contribution is -2.48. The number of hydrogen-bond donors (Lipinski definition) is 2. The van der Waals surface area contributed by atoms with Crippen molar-refractivity contribution in [3.8, 4) is 0 Å². The van der Waals surface area contributed by atoms with Crippen LogP contribution < -0.4 is 11.5 Å². The molecule has 1 aromatic rings. The number of allylic oxidation sites excluding steroid dienone is 2. The van der Waals surface area contributed by atoms with E-state index in [1.807, 2.05) is 12.1 Å². The van der Waals surface area contributed by atoms with Crippen LogP contribution >= 0.6 is 0 Å². The maximum atomic E-state index is 6.00. The third kappa shape index (κ3) is 2.84. The number of rotatable bonds is 3. The van der Waals surface area contributed by atoms with Crippen LogP contribution in [0.15, 0.2) is 48.1 Å². The third-order valence-corrected chi connectivity index (χ3v) is 3.10. The lowest BCUT2D eigenvalue weighted by molar-refractivity contribution is 0.532. The zero-order valence-electron chi connectivity index (χ0n) is 10.3.